The summed E-state index contributed by atoms with van der Waals surface area (Å²) in [5.74, 6) is -0.929. The minimum absolute atomic E-state index is 0.156. The van der Waals surface area contributed by atoms with E-state index in [1.54, 1.807) is 0 Å². The molecule has 0 unspecified atom stereocenters. The minimum atomic E-state index is -0.929. The van der Waals surface area contributed by atoms with Crippen LogP contribution in [0.15, 0.2) is 0 Å². The van der Waals surface area contributed by atoms with Gasteiger partial charge in [0.2, 0.25) is 0 Å². The Morgan fingerprint density at radius 3 is 2.71 bits per heavy atom. The third-order valence-corrected chi connectivity index (χ3v) is 0.368. The lowest BCUT2D eigenvalue weighted by Gasteiger charge is -1.92. The second kappa shape index (κ2) is 3.64. The van der Waals surface area contributed by atoms with E-state index in [1.807, 2.05) is 0 Å². The predicted molar refractivity (Wildman–Crippen MR) is 25.3 cm³/mol. The van der Waals surface area contributed by atoms with Crippen molar-refractivity contribution in [3.05, 3.63) is 0 Å². The van der Waals surface area contributed by atoms with Crippen molar-refractivity contribution < 1.29 is 14.7 Å². The van der Waals surface area contributed by atoms with Crippen LogP contribution in [0.2, 0.25) is 0 Å². The van der Waals surface area contributed by atoms with Gasteiger partial charge >= 0.3 is 5.97 Å². The van der Waals surface area contributed by atoms with Crippen LogP contribution < -0.4 is 5.48 Å². The molecule has 0 fully saturated rings. The van der Waals surface area contributed by atoms with Gasteiger partial charge in [-0.3, -0.25) is 4.79 Å². The Kier molecular flexibility index (Phi) is 3.35. The SMILES string of the molecule is BONCC(=O)O. The second-order valence-electron chi connectivity index (χ2n) is 0.919. The van der Waals surface area contributed by atoms with Crippen LogP contribution in [0.25, 0.3) is 0 Å². The summed E-state index contributed by atoms with van der Waals surface area (Å²) in [6.07, 6.45) is 0. The standard InChI is InChI=1S/C2H6BNO3/c3-7-4-1-2(5)6/h4H,1,3H2,(H,5,6). The van der Waals surface area contributed by atoms with Crippen LogP contribution in [0.1, 0.15) is 0 Å². The summed E-state index contributed by atoms with van der Waals surface area (Å²) >= 11 is 0. The highest BCUT2D eigenvalue weighted by Crippen LogP contribution is 1.55. The number of hydrogen-bond donors (Lipinski definition) is 2. The van der Waals surface area contributed by atoms with Crippen LogP contribution in [0.5, 0.6) is 0 Å². The highest BCUT2D eigenvalue weighted by atomic mass is 16.6. The third-order valence-electron chi connectivity index (χ3n) is 0.368. The molecule has 7 heavy (non-hydrogen) atoms. The Bertz CT molecular complexity index is 66.0. The van der Waals surface area contributed by atoms with Crippen molar-refractivity contribution >= 4 is 14.0 Å². The summed E-state index contributed by atoms with van der Waals surface area (Å²) in [5.41, 5.74) is 2.15. The fraction of sp³-hybridized carbons (Fsp3) is 0.500. The number of carboxylic acid groups (broad SMARTS) is 1. The number of carboxylic acids is 1. The smallest absolute Gasteiger partial charge is 0.319 e. The maximum atomic E-state index is 9.62. The van der Waals surface area contributed by atoms with Crippen molar-refractivity contribution in [2.24, 2.45) is 0 Å². The maximum Gasteiger partial charge on any atom is 0.319 e. The molecule has 0 rings (SSSR count). The normalized spacial score (nSPS) is 8.57. The fourth-order valence-corrected chi connectivity index (χ4v) is 0.134. The van der Waals surface area contributed by atoms with Gasteiger partial charge < -0.3 is 9.86 Å². The zero-order valence-corrected chi connectivity index (χ0v) is 3.97. The Labute approximate surface area is 41.9 Å². The molecule has 0 aliphatic heterocycles. The minimum Gasteiger partial charge on any atom is -0.480 e. The van der Waals surface area contributed by atoms with Gasteiger partial charge in [0.25, 0.3) is 8.05 Å². The Balaban J connectivity index is 2.82. The molecule has 0 amide bonds. The highest BCUT2D eigenvalue weighted by molar-refractivity contribution is 5.97. The molecule has 0 saturated carbocycles. The third kappa shape index (κ3) is 5.45. The Morgan fingerprint density at radius 1 is 2.00 bits per heavy atom. The summed E-state index contributed by atoms with van der Waals surface area (Å²) < 4.78 is 4.22. The number of aliphatic carboxylic acids is 1. The van der Waals surface area contributed by atoms with Crippen LogP contribution in [-0.2, 0) is 9.55 Å². The summed E-state index contributed by atoms with van der Waals surface area (Å²) in [7, 11) is 1.36. The average molecular weight is 103 g/mol. The topological polar surface area (TPSA) is 58.6 Å². The second-order valence-corrected chi connectivity index (χ2v) is 0.919. The lowest BCUT2D eigenvalue weighted by molar-refractivity contribution is -0.137. The number of hydrogen-bond acceptors (Lipinski definition) is 3. The van der Waals surface area contributed by atoms with Crippen molar-refractivity contribution in [2.75, 3.05) is 6.54 Å². The van der Waals surface area contributed by atoms with Gasteiger partial charge in [0.15, 0.2) is 0 Å². The summed E-state index contributed by atoms with van der Waals surface area (Å²) in [5, 5.41) is 7.90. The zero-order valence-electron chi connectivity index (χ0n) is 3.97. The zero-order chi connectivity index (χ0) is 5.70. The first-order valence-electron chi connectivity index (χ1n) is 1.75. The van der Waals surface area contributed by atoms with Crippen molar-refractivity contribution in [3.63, 3.8) is 0 Å². The number of rotatable bonds is 3. The largest absolute Gasteiger partial charge is 0.480 e. The van der Waals surface area contributed by atoms with Crippen LogP contribution in [-0.4, -0.2) is 25.7 Å². The molecule has 0 heterocycles. The van der Waals surface area contributed by atoms with Gasteiger partial charge in [-0.05, 0) is 0 Å². The number of carbonyl (C=O) groups is 1. The van der Waals surface area contributed by atoms with Gasteiger partial charge in [0.1, 0.15) is 6.54 Å². The van der Waals surface area contributed by atoms with E-state index in [9.17, 15) is 4.79 Å². The number of hydroxylamine groups is 1. The van der Waals surface area contributed by atoms with Crippen molar-refractivity contribution in [2.45, 2.75) is 0 Å². The van der Waals surface area contributed by atoms with Gasteiger partial charge in [0, 0.05) is 0 Å². The van der Waals surface area contributed by atoms with E-state index in [0.29, 0.717) is 0 Å². The molecule has 0 atom stereocenters. The van der Waals surface area contributed by atoms with Crippen LogP contribution in [0.4, 0.5) is 0 Å². The van der Waals surface area contributed by atoms with E-state index in [4.69, 9.17) is 5.11 Å². The van der Waals surface area contributed by atoms with Crippen LogP contribution >= 0.6 is 0 Å². The molecule has 0 aliphatic rings. The molecular weight excluding hydrogens is 96.8 g/mol. The first-order valence-corrected chi connectivity index (χ1v) is 1.75. The fourth-order valence-electron chi connectivity index (χ4n) is 0.134. The molecule has 2 N–H and O–H groups in total. The van der Waals surface area contributed by atoms with E-state index in [1.165, 1.54) is 8.05 Å². The first-order chi connectivity index (χ1) is 3.27. The van der Waals surface area contributed by atoms with E-state index < -0.39 is 5.97 Å². The maximum absolute atomic E-state index is 9.62. The van der Waals surface area contributed by atoms with Gasteiger partial charge in [0.05, 0.1) is 0 Å². The van der Waals surface area contributed by atoms with Crippen LogP contribution in [0.3, 0.4) is 0 Å². The molecule has 4 nitrogen and oxygen atoms in total. The molecule has 0 aromatic carbocycles. The van der Waals surface area contributed by atoms with E-state index in [-0.39, 0.29) is 6.54 Å². The molecule has 0 aromatic rings. The predicted octanol–water partition coefficient (Wildman–Crippen LogP) is -1.86. The summed E-state index contributed by atoms with van der Waals surface area (Å²) in [4.78, 5) is 9.62. The van der Waals surface area contributed by atoms with E-state index >= 15 is 0 Å². The molecule has 0 radical (unpaired) electrons. The Morgan fingerprint density at radius 2 is 2.57 bits per heavy atom. The van der Waals surface area contributed by atoms with Crippen molar-refractivity contribution in [1.29, 1.82) is 0 Å². The van der Waals surface area contributed by atoms with Gasteiger partial charge in [-0.25, -0.2) is 5.48 Å². The molecule has 40 valence electrons. The molecule has 0 spiro atoms. The number of nitrogens with one attached hydrogen (secondary N) is 1. The quantitative estimate of drug-likeness (QED) is 0.325. The van der Waals surface area contributed by atoms with Crippen molar-refractivity contribution in [3.8, 4) is 0 Å². The van der Waals surface area contributed by atoms with Crippen LogP contribution in [0, 0.1) is 0 Å². The average Bonchev–Trinajstić information content (AvgIpc) is 1.61. The Hall–Kier alpha value is -0.545. The van der Waals surface area contributed by atoms with Gasteiger partial charge in [-0.2, -0.15) is 0 Å². The van der Waals surface area contributed by atoms with Crippen molar-refractivity contribution in [1.82, 2.24) is 5.48 Å². The van der Waals surface area contributed by atoms with Gasteiger partial charge in [-0.1, -0.05) is 0 Å². The lowest BCUT2D eigenvalue weighted by Crippen LogP contribution is -2.21. The van der Waals surface area contributed by atoms with E-state index in [2.05, 4.69) is 10.2 Å². The molecule has 5 heteroatoms. The molecular formula is C2H6BNO3. The molecule has 0 saturated heterocycles. The molecule has 0 aromatic heterocycles. The lowest BCUT2D eigenvalue weighted by atomic mass is 10.6. The summed E-state index contributed by atoms with van der Waals surface area (Å²) in [6, 6.07) is 0. The molecule has 0 aliphatic carbocycles. The highest BCUT2D eigenvalue weighted by Gasteiger charge is 1.89. The molecule has 0 bridgehead atoms. The van der Waals surface area contributed by atoms with Gasteiger partial charge in [-0.15, -0.1) is 0 Å². The first kappa shape index (κ1) is 6.45. The summed E-state index contributed by atoms with van der Waals surface area (Å²) in [6.45, 7) is -0.156. The monoisotopic (exact) mass is 103 g/mol. The van der Waals surface area contributed by atoms with E-state index in [0.717, 1.165) is 0 Å².